The molecule has 0 heterocycles. The van der Waals surface area contributed by atoms with Gasteiger partial charge in [0.2, 0.25) is 5.91 Å². The van der Waals surface area contributed by atoms with E-state index in [1.807, 2.05) is 18.2 Å². The van der Waals surface area contributed by atoms with Crippen LogP contribution in [0.1, 0.15) is 12.0 Å². The van der Waals surface area contributed by atoms with E-state index in [2.05, 4.69) is 5.32 Å². The van der Waals surface area contributed by atoms with Crippen molar-refractivity contribution < 1.29 is 19.0 Å². The monoisotopic (exact) mass is 349 g/mol. The number of carbonyl (C=O) groups is 1. The second-order valence-electron chi connectivity index (χ2n) is 5.03. The summed E-state index contributed by atoms with van der Waals surface area (Å²) in [5.41, 5.74) is 1.40. The standard InChI is InChI=1S/C18H20ClNO4/c1-22-15-5-4-6-16(23-2)13(15)8-10-18(21)20-14-11-12(19)7-9-17(14)24-3/h4-7,9,11H,8,10H2,1-3H3,(H,20,21). The Hall–Kier alpha value is -2.40. The summed E-state index contributed by atoms with van der Waals surface area (Å²) in [6.45, 7) is 0. The average Bonchev–Trinajstić information content (AvgIpc) is 2.59. The molecule has 128 valence electrons. The minimum absolute atomic E-state index is 0.150. The summed E-state index contributed by atoms with van der Waals surface area (Å²) in [6, 6.07) is 10.6. The van der Waals surface area contributed by atoms with Crippen molar-refractivity contribution in [2.45, 2.75) is 12.8 Å². The van der Waals surface area contributed by atoms with E-state index < -0.39 is 0 Å². The van der Waals surface area contributed by atoms with Gasteiger partial charge < -0.3 is 19.5 Å². The molecule has 1 amide bonds. The maximum Gasteiger partial charge on any atom is 0.224 e. The zero-order valence-electron chi connectivity index (χ0n) is 13.9. The SMILES string of the molecule is COc1ccc(Cl)cc1NC(=O)CCc1c(OC)cccc1OC. The summed E-state index contributed by atoms with van der Waals surface area (Å²) < 4.78 is 15.9. The van der Waals surface area contributed by atoms with Crippen LogP contribution in [0.15, 0.2) is 36.4 Å². The Kier molecular flexibility index (Phi) is 6.32. The van der Waals surface area contributed by atoms with E-state index in [0.29, 0.717) is 34.4 Å². The third-order valence-corrected chi connectivity index (χ3v) is 3.80. The minimum atomic E-state index is -0.150. The number of amides is 1. The topological polar surface area (TPSA) is 56.8 Å². The van der Waals surface area contributed by atoms with Crippen LogP contribution in [0, 0.1) is 0 Å². The van der Waals surface area contributed by atoms with Crippen LogP contribution in [0.25, 0.3) is 0 Å². The second-order valence-corrected chi connectivity index (χ2v) is 5.47. The number of benzene rings is 2. The highest BCUT2D eigenvalue weighted by Gasteiger charge is 2.13. The van der Waals surface area contributed by atoms with E-state index in [9.17, 15) is 4.79 Å². The molecular weight excluding hydrogens is 330 g/mol. The first kappa shape index (κ1) is 17.9. The van der Waals surface area contributed by atoms with E-state index in [-0.39, 0.29) is 12.3 Å². The highest BCUT2D eigenvalue weighted by Crippen LogP contribution is 2.30. The molecule has 0 radical (unpaired) electrons. The smallest absolute Gasteiger partial charge is 0.224 e. The Bertz CT molecular complexity index is 696. The number of hydrogen-bond acceptors (Lipinski definition) is 4. The Labute approximate surface area is 146 Å². The summed E-state index contributed by atoms with van der Waals surface area (Å²) in [5, 5.41) is 3.34. The fourth-order valence-corrected chi connectivity index (χ4v) is 2.58. The quantitative estimate of drug-likeness (QED) is 0.822. The van der Waals surface area contributed by atoms with Crippen LogP contribution in [-0.2, 0) is 11.2 Å². The lowest BCUT2D eigenvalue weighted by molar-refractivity contribution is -0.116. The molecule has 0 bridgehead atoms. The molecule has 0 aliphatic heterocycles. The molecule has 24 heavy (non-hydrogen) atoms. The van der Waals surface area contributed by atoms with Crippen molar-refractivity contribution in [1.29, 1.82) is 0 Å². The Morgan fingerprint density at radius 3 is 2.21 bits per heavy atom. The molecule has 0 saturated heterocycles. The first-order valence-corrected chi connectivity index (χ1v) is 7.80. The molecule has 0 aliphatic carbocycles. The molecule has 0 atom stereocenters. The normalized spacial score (nSPS) is 10.2. The molecule has 6 heteroatoms. The zero-order valence-corrected chi connectivity index (χ0v) is 14.6. The average molecular weight is 350 g/mol. The molecular formula is C18H20ClNO4. The predicted molar refractivity (Wildman–Crippen MR) is 94.5 cm³/mol. The molecule has 0 aliphatic rings. The van der Waals surface area contributed by atoms with Crippen LogP contribution in [0.3, 0.4) is 0 Å². The summed E-state index contributed by atoms with van der Waals surface area (Å²) >= 11 is 5.97. The van der Waals surface area contributed by atoms with Gasteiger partial charge in [-0.25, -0.2) is 0 Å². The summed E-state index contributed by atoms with van der Waals surface area (Å²) in [6.07, 6.45) is 0.758. The number of methoxy groups -OCH3 is 3. The van der Waals surface area contributed by atoms with Gasteiger partial charge in [-0.2, -0.15) is 0 Å². The number of rotatable bonds is 7. The number of anilines is 1. The molecule has 5 nitrogen and oxygen atoms in total. The Morgan fingerprint density at radius 2 is 1.62 bits per heavy atom. The van der Waals surface area contributed by atoms with Gasteiger partial charge in [-0.1, -0.05) is 17.7 Å². The lowest BCUT2D eigenvalue weighted by Crippen LogP contribution is -2.13. The van der Waals surface area contributed by atoms with E-state index in [1.165, 1.54) is 0 Å². The maximum absolute atomic E-state index is 12.3. The fourth-order valence-electron chi connectivity index (χ4n) is 2.40. The van der Waals surface area contributed by atoms with Crippen LogP contribution in [0.2, 0.25) is 5.02 Å². The van der Waals surface area contributed by atoms with Crippen molar-refractivity contribution >= 4 is 23.2 Å². The molecule has 1 N–H and O–H groups in total. The highest BCUT2D eigenvalue weighted by atomic mass is 35.5. The molecule has 0 spiro atoms. The number of nitrogens with one attached hydrogen (secondary N) is 1. The lowest BCUT2D eigenvalue weighted by Gasteiger charge is -2.13. The highest BCUT2D eigenvalue weighted by molar-refractivity contribution is 6.31. The van der Waals surface area contributed by atoms with Crippen LogP contribution in [0.4, 0.5) is 5.69 Å². The van der Waals surface area contributed by atoms with Crippen molar-refractivity contribution in [2.75, 3.05) is 26.6 Å². The number of ether oxygens (including phenoxy) is 3. The summed E-state index contributed by atoms with van der Waals surface area (Å²) in [5.74, 6) is 1.80. The number of hydrogen-bond donors (Lipinski definition) is 1. The molecule has 2 aromatic carbocycles. The van der Waals surface area contributed by atoms with Crippen molar-refractivity contribution in [2.24, 2.45) is 0 Å². The van der Waals surface area contributed by atoms with Gasteiger partial charge in [0.05, 0.1) is 27.0 Å². The van der Waals surface area contributed by atoms with Gasteiger partial charge in [0, 0.05) is 17.0 Å². The first-order chi connectivity index (χ1) is 11.6. The van der Waals surface area contributed by atoms with Crippen LogP contribution < -0.4 is 19.5 Å². The lowest BCUT2D eigenvalue weighted by atomic mass is 10.1. The second kappa shape index (κ2) is 8.45. The van der Waals surface area contributed by atoms with Crippen molar-refractivity contribution in [3.05, 3.63) is 47.0 Å². The molecule has 2 aromatic rings. The van der Waals surface area contributed by atoms with Crippen molar-refractivity contribution in [3.8, 4) is 17.2 Å². The zero-order chi connectivity index (χ0) is 17.5. The summed E-state index contributed by atoms with van der Waals surface area (Å²) in [4.78, 5) is 12.3. The fraction of sp³-hybridized carbons (Fsp3) is 0.278. The van der Waals surface area contributed by atoms with Crippen molar-refractivity contribution in [1.82, 2.24) is 0 Å². The van der Waals surface area contributed by atoms with E-state index in [1.54, 1.807) is 39.5 Å². The molecule has 0 saturated carbocycles. The molecule has 0 unspecified atom stereocenters. The molecule has 2 rings (SSSR count). The number of halogens is 1. The van der Waals surface area contributed by atoms with Gasteiger partial charge >= 0.3 is 0 Å². The van der Waals surface area contributed by atoms with Gasteiger partial charge in [0.1, 0.15) is 17.2 Å². The van der Waals surface area contributed by atoms with Gasteiger partial charge in [-0.3, -0.25) is 4.79 Å². The molecule has 0 fully saturated rings. The van der Waals surface area contributed by atoms with Crippen LogP contribution >= 0.6 is 11.6 Å². The minimum Gasteiger partial charge on any atom is -0.496 e. The number of carbonyl (C=O) groups excluding carboxylic acids is 1. The third-order valence-electron chi connectivity index (χ3n) is 3.57. The first-order valence-electron chi connectivity index (χ1n) is 7.42. The van der Waals surface area contributed by atoms with E-state index >= 15 is 0 Å². The molecule has 0 aromatic heterocycles. The summed E-state index contributed by atoms with van der Waals surface area (Å²) in [7, 11) is 4.73. The van der Waals surface area contributed by atoms with Crippen molar-refractivity contribution in [3.63, 3.8) is 0 Å². The predicted octanol–water partition coefficient (Wildman–Crippen LogP) is 3.94. The Balaban J connectivity index is 2.08. The van der Waals surface area contributed by atoms with Gasteiger partial charge in [-0.15, -0.1) is 0 Å². The third kappa shape index (κ3) is 4.32. The maximum atomic E-state index is 12.3. The van der Waals surface area contributed by atoms with E-state index in [4.69, 9.17) is 25.8 Å². The Morgan fingerprint density at radius 1 is 1.00 bits per heavy atom. The van der Waals surface area contributed by atoms with Gasteiger partial charge in [0.15, 0.2) is 0 Å². The van der Waals surface area contributed by atoms with E-state index in [0.717, 1.165) is 5.56 Å². The largest absolute Gasteiger partial charge is 0.496 e. The van der Waals surface area contributed by atoms with Crippen LogP contribution in [-0.4, -0.2) is 27.2 Å². The van der Waals surface area contributed by atoms with Crippen LogP contribution in [0.5, 0.6) is 17.2 Å². The van der Waals surface area contributed by atoms with Gasteiger partial charge in [-0.05, 0) is 36.8 Å². The van der Waals surface area contributed by atoms with Gasteiger partial charge in [0.25, 0.3) is 0 Å².